The zero-order valence-electron chi connectivity index (χ0n) is 17.0. The third-order valence-electron chi connectivity index (χ3n) is 5.29. The number of rotatable bonds is 9. The van der Waals surface area contributed by atoms with Gasteiger partial charge in [-0.05, 0) is 56.5 Å². The van der Waals surface area contributed by atoms with Crippen molar-refractivity contribution in [3.8, 4) is 5.75 Å². The Hall–Kier alpha value is -1.78. The summed E-state index contributed by atoms with van der Waals surface area (Å²) in [4.78, 5) is 6.86. The molecule has 4 nitrogen and oxygen atoms in total. The molecule has 1 aromatic carbocycles. The molecule has 0 atom stereocenters. The molecule has 0 N–H and O–H groups in total. The normalized spacial score (nSPS) is 14.8. The summed E-state index contributed by atoms with van der Waals surface area (Å²) >= 11 is 6.76. The van der Waals surface area contributed by atoms with E-state index in [-0.39, 0.29) is 0 Å². The summed E-state index contributed by atoms with van der Waals surface area (Å²) in [6.45, 7) is 5.97. The number of pyridine rings is 1. The molecule has 152 valence electrons. The number of aromatic nitrogens is 1. The lowest BCUT2D eigenvalue weighted by Gasteiger charge is -2.37. The molecule has 1 fully saturated rings. The largest absolute Gasteiger partial charge is 0.491 e. The van der Waals surface area contributed by atoms with Gasteiger partial charge in [0.25, 0.3) is 0 Å². The van der Waals surface area contributed by atoms with Crippen LogP contribution in [0.1, 0.15) is 51.6 Å². The minimum Gasteiger partial charge on any atom is -0.491 e. The number of anilines is 2. The second kappa shape index (κ2) is 10.7. The van der Waals surface area contributed by atoms with E-state index in [0.29, 0.717) is 25.9 Å². The Morgan fingerprint density at radius 2 is 1.79 bits per heavy atom. The fourth-order valence-corrected chi connectivity index (χ4v) is 4.20. The predicted molar refractivity (Wildman–Crippen MR) is 116 cm³/mol. The van der Waals surface area contributed by atoms with Crippen LogP contribution < -0.4 is 9.64 Å². The molecule has 0 radical (unpaired) electrons. The van der Waals surface area contributed by atoms with E-state index in [9.17, 15) is 0 Å². The molecule has 0 aliphatic heterocycles. The fourth-order valence-electron chi connectivity index (χ4n) is 3.86. The van der Waals surface area contributed by atoms with E-state index < -0.39 is 0 Å². The number of ether oxygens (including phenoxy) is 2. The Morgan fingerprint density at radius 3 is 2.46 bits per heavy atom. The van der Waals surface area contributed by atoms with Crippen molar-refractivity contribution in [1.82, 2.24) is 4.98 Å². The molecular weight excluding hydrogens is 372 g/mol. The lowest BCUT2D eigenvalue weighted by Crippen LogP contribution is -2.33. The van der Waals surface area contributed by atoms with Crippen LogP contribution in [0, 0.1) is 0 Å². The Balaban J connectivity index is 1.85. The molecule has 1 aliphatic rings. The summed E-state index contributed by atoms with van der Waals surface area (Å²) in [7, 11) is 0. The summed E-state index contributed by atoms with van der Waals surface area (Å²) in [6, 6.07) is 10.8. The van der Waals surface area contributed by atoms with Crippen LogP contribution in [-0.4, -0.2) is 30.8 Å². The maximum Gasteiger partial charge on any atom is 0.119 e. The van der Waals surface area contributed by atoms with Crippen LogP contribution in [0.25, 0.3) is 0 Å². The molecule has 0 unspecified atom stereocenters. The first kappa shape index (κ1) is 20.9. The average molecular weight is 403 g/mol. The number of hydrogen-bond donors (Lipinski definition) is 0. The van der Waals surface area contributed by atoms with Gasteiger partial charge in [0.1, 0.15) is 12.4 Å². The monoisotopic (exact) mass is 402 g/mol. The maximum atomic E-state index is 6.76. The lowest BCUT2D eigenvalue weighted by molar-refractivity contribution is 0.110. The van der Waals surface area contributed by atoms with E-state index in [2.05, 4.69) is 28.9 Å². The van der Waals surface area contributed by atoms with E-state index in [1.165, 1.54) is 32.1 Å². The van der Waals surface area contributed by atoms with Gasteiger partial charge in [-0.15, -0.1) is 0 Å². The molecule has 0 bridgehead atoms. The van der Waals surface area contributed by atoms with Crippen molar-refractivity contribution < 1.29 is 9.47 Å². The number of hydrogen-bond acceptors (Lipinski definition) is 4. The number of halogens is 1. The molecule has 0 amide bonds. The number of benzene rings is 1. The van der Waals surface area contributed by atoms with Crippen LogP contribution in [-0.2, 0) is 11.2 Å². The van der Waals surface area contributed by atoms with Gasteiger partial charge in [0.05, 0.1) is 23.0 Å². The van der Waals surface area contributed by atoms with Gasteiger partial charge in [0.2, 0.25) is 0 Å². The summed E-state index contributed by atoms with van der Waals surface area (Å²) in [6.07, 6.45) is 8.94. The van der Waals surface area contributed by atoms with Gasteiger partial charge in [0, 0.05) is 24.5 Å². The molecule has 0 spiro atoms. The van der Waals surface area contributed by atoms with Gasteiger partial charge < -0.3 is 14.4 Å². The number of aryl methyl sites for hydroxylation is 1. The highest BCUT2D eigenvalue weighted by Crippen LogP contribution is 2.39. The summed E-state index contributed by atoms with van der Waals surface area (Å²) in [5, 5.41) is 0.771. The molecule has 1 aliphatic carbocycles. The van der Waals surface area contributed by atoms with Crippen molar-refractivity contribution in [3.63, 3.8) is 0 Å². The molecular formula is C23H31ClN2O2. The van der Waals surface area contributed by atoms with E-state index in [4.69, 9.17) is 21.1 Å². The third-order valence-corrected chi connectivity index (χ3v) is 5.70. The molecule has 2 aromatic rings. The average Bonchev–Trinajstić information content (AvgIpc) is 2.74. The molecule has 1 aromatic heterocycles. The lowest BCUT2D eigenvalue weighted by atomic mass is 9.93. The van der Waals surface area contributed by atoms with Crippen molar-refractivity contribution in [2.75, 3.05) is 24.7 Å². The van der Waals surface area contributed by atoms with Gasteiger partial charge in [-0.1, -0.05) is 37.8 Å². The molecule has 28 heavy (non-hydrogen) atoms. The van der Waals surface area contributed by atoms with Crippen LogP contribution in [0.15, 0.2) is 36.5 Å². The first-order valence-corrected chi connectivity index (χ1v) is 10.9. The highest BCUT2D eigenvalue weighted by Gasteiger charge is 2.25. The molecule has 3 rings (SSSR count). The molecule has 0 saturated heterocycles. The van der Waals surface area contributed by atoms with Crippen LogP contribution in [0.3, 0.4) is 0 Å². The first-order chi connectivity index (χ1) is 13.7. The minimum atomic E-state index is 0.461. The second-order valence-corrected chi connectivity index (χ2v) is 7.52. The first-order valence-electron chi connectivity index (χ1n) is 10.5. The topological polar surface area (TPSA) is 34.6 Å². The number of nitrogens with zero attached hydrogens (tertiary/aromatic N) is 2. The van der Waals surface area contributed by atoms with Crippen molar-refractivity contribution >= 4 is 23.0 Å². The Kier molecular flexibility index (Phi) is 7.99. The zero-order chi connectivity index (χ0) is 19.8. The Bertz CT molecular complexity index is 730. The van der Waals surface area contributed by atoms with E-state index in [0.717, 1.165) is 34.3 Å². The summed E-state index contributed by atoms with van der Waals surface area (Å²) in [5.41, 5.74) is 3.17. The van der Waals surface area contributed by atoms with Gasteiger partial charge in [0.15, 0.2) is 0 Å². The van der Waals surface area contributed by atoms with Crippen molar-refractivity contribution in [3.05, 3.63) is 47.2 Å². The van der Waals surface area contributed by atoms with Crippen molar-refractivity contribution in [2.24, 2.45) is 0 Å². The highest BCUT2D eigenvalue weighted by molar-refractivity contribution is 6.34. The Morgan fingerprint density at radius 1 is 1.04 bits per heavy atom. The summed E-state index contributed by atoms with van der Waals surface area (Å²) < 4.78 is 11.1. The van der Waals surface area contributed by atoms with Crippen molar-refractivity contribution in [1.29, 1.82) is 0 Å². The smallest absolute Gasteiger partial charge is 0.119 e. The van der Waals surface area contributed by atoms with Crippen LogP contribution >= 0.6 is 11.6 Å². The Labute approximate surface area is 173 Å². The molecule has 1 heterocycles. The zero-order valence-corrected chi connectivity index (χ0v) is 17.8. The predicted octanol–water partition coefficient (Wildman–Crippen LogP) is 6.18. The van der Waals surface area contributed by atoms with Crippen LogP contribution in [0.2, 0.25) is 5.02 Å². The second-order valence-electron chi connectivity index (χ2n) is 7.15. The van der Waals surface area contributed by atoms with E-state index in [1.54, 1.807) is 0 Å². The van der Waals surface area contributed by atoms with Gasteiger partial charge >= 0.3 is 0 Å². The van der Waals surface area contributed by atoms with Gasteiger partial charge in [-0.3, -0.25) is 4.98 Å². The van der Waals surface area contributed by atoms with E-state index in [1.807, 2.05) is 31.3 Å². The molecule has 5 heteroatoms. The minimum absolute atomic E-state index is 0.461. The fraction of sp³-hybridized carbons (Fsp3) is 0.522. The van der Waals surface area contributed by atoms with Crippen LogP contribution in [0.5, 0.6) is 5.75 Å². The SMILES string of the molecule is CCOCCOc1ccc(N(c2ccnc(CC)c2Cl)C2CCCCC2)cc1. The highest BCUT2D eigenvalue weighted by atomic mass is 35.5. The standard InChI is InChI=1S/C23H31ClN2O2/c1-3-21-23(24)22(14-15-25-21)26(18-8-6-5-7-9-18)19-10-12-20(13-11-19)28-17-16-27-4-2/h10-15,18H,3-9,16-17H2,1-2H3. The molecule has 1 saturated carbocycles. The van der Waals surface area contributed by atoms with E-state index >= 15 is 0 Å². The van der Waals surface area contributed by atoms with Gasteiger partial charge in [-0.25, -0.2) is 0 Å². The third kappa shape index (κ3) is 5.18. The van der Waals surface area contributed by atoms with Gasteiger partial charge in [-0.2, -0.15) is 0 Å². The summed E-state index contributed by atoms with van der Waals surface area (Å²) in [5.74, 6) is 0.863. The quantitative estimate of drug-likeness (QED) is 0.469. The maximum absolute atomic E-state index is 6.76. The van der Waals surface area contributed by atoms with Crippen LogP contribution in [0.4, 0.5) is 11.4 Å². The van der Waals surface area contributed by atoms with Crippen molar-refractivity contribution in [2.45, 2.75) is 58.4 Å².